The first-order chi connectivity index (χ1) is 12.3. The molecule has 8 heteroatoms. The third-order valence-electron chi connectivity index (χ3n) is 8.19. The second kappa shape index (κ2) is 5.47. The molecule has 0 aromatic carbocycles. The van der Waals surface area contributed by atoms with Crippen LogP contribution in [0.25, 0.3) is 0 Å². The molecule has 12 atom stereocenters. The van der Waals surface area contributed by atoms with Gasteiger partial charge in [-0.3, -0.25) is 9.59 Å². The molecule has 0 amide bonds. The lowest BCUT2D eigenvalue weighted by Gasteiger charge is -2.56. The van der Waals surface area contributed by atoms with Gasteiger partial charge in [-0.2, -0.15) is 0 Å². The molecule has 6 nitrogen and oxygen atoms in total. The predicted molar refractivity (Wildman–Crippen MR) is 107 cm³/mol. The fourth-order valence-electron chi connectivity index (χ4n) is 8.29. The Balaban J connectivity index is 1.78. The average Bonchev–Trinajstić information content (AvgIpc) is 3.34. The molecular weight excluding hydrogens is 566 g/mol. The Morgan fingerprint density at radius 2 is 1.15 bits per heavy atom. The number of alkyl halides is 2. The van der Waals surface area contributed by atoms with Crippen LogP contribution in [-0.2, 0) is 19.1 Å². The number of aliphatic hydroxyl groups excluding tert-OH is 2. The molecular formula is C18H22I2O6. The molecule has 6 saturated carbocycles. The van der Waals surface area contributed by atoms with Crippen LogP contribution in [0, 0.1) is 46.3 Å². The van der Waals surface area contributed by atoms with Gasteiger partial charge in [-0.15, -0.1) is 0 Å². The van der Waals surface area contributed by atoms with Gasteiger partial charge in [-0.05, 0) is 37.5 Å². The quantitative estimate of drug-likeness (QED) is 0.292. The molecule has 0 aromatic rings. The molecule has 0 aliphatic heterocycles. The van der Waals surface area contributed by atoms with E-state index in [1.54, 1.807) is 13.8 Å². The summed E-state index contributed by atoms with van der Waals surface area (Å²) < 4.78 is 10.8. The summed E-state index contributed by atoms with van der Waals surface area (Å²) in [6.45, 7) is 4.01. The Bertz CT molecular complexity index is 607. The van der Waals surface area contributed by atoms with Gasteiger partial charge in [-0.25, -0.2) is 0 Å². The van der Waals surface area contributed by atoms with Crippen molar-refractivity contribution in [2.75, 3.05) is 13.2 Å². The van der Waals surface area contributed by atoms with Crippen LogP contribution >= 0.6 is 45.2 Å². The van der Waals surface area contributed by atoms with Gasteiger partial charge < -0.3 is 19.7 Å². The lowest BCUT2D eigenvalue weighted by molar-refractivity contribution is -0.207. The third kappa shape index (κ3) is 1.46. The highest BCUT2D eigenvalue weighted by molar-refractivity contribution is 14.1. The minimum absolute atomic E-state index is 0.0881. The predicted octanol–water partition coefficient (Wildman–Crippen LogP) is 1.18. The standard InChI is InChI=1S/C18H22I2O6/c1-3-25-15(23)17-7-5-6-8(12(20)13(21)9(6)17)18(17,16(24)26-4-2)10(5)14(22)11(7)19/h5-14,21-22H,3-4H2,1-2H3/t5-,6-,7-,8+,9+,10-,11+,12+,13-,14-,17+,18+/m1/s1. The molecule has 6 fully saturated rings. The fourth-order valence-corrected chi connectivity index (χ4v) is 11.3. The maximum absolute atomic E-state index is 13.4. The van der Waals surface area contributed by atoms with E-state index in [0.29, 0.717) is 0 Å². The Morgan fingerprint density at radius 1 is 0.808 bits per heavy atom. The average molecular weight is 588 g/mol. The summed E-state index contributed by atoms with van der Waals surface area (Å²) >= 11 is 4.47. The van der Waals surface area contributed by atoms with E-state index in [4.69, 9.17) is 9.47 Å². The van der Waals surface area contributed by atoms with Crippen molar-refractivity contribution in [2.45, 2.75) is 33.9 Å². The minimum atomic E-state index is -1.05. The largest absolute Gasteiger partial charge is 0.466 e. The molecule has 0 spiro atoms. The monoisotopic (exact) mass is 588 g/mol. The number of aliphatic hydroxyl groups is 2. The van der Waals surface area contributed by atoms with Crippen LogP contribution in [0.1, 0.15) is 13.8 Å². The molecule has 0 heterocycles. The van der Waals surface area contributed by atoms with Gasteiger partial charge in [0, 0.05) is 19.7 Å². The van der Waals surface area contributed by atoms with Crippen LogP contribution in [0.5, 0.6) is 0 Å². The highest BCUT2D eigenvalue weighted by Crippen LogP contribution is 2.93. The van der Waals surface area contributed by atoms with E-state index in [-0.39, 0.29) is 68.5 Å². The highest BCUT2D eigenvalue weighted by Gasteiger charge is 3.00. The van der Waals surface area contributed by atoms with Gasteiger partial charge in [-0.1, -0.05) is 45.2 Å². The summed E-state index contributed by atoms with van der Waals surface area (Å²) in [6.07, 6.45) is -1.24. The normalized spacial score (nSPS) is 60.1. The smallest absolute Gasteiger partial charge is 0.313 e. The van der Waals surface area contributed by atoms with Crippen LogP contribution in [0.3, 0.4) is 0 Å². The Morgan fingerprint density at radius 3 is 1.46 bits per heavy atom. The van der Waals surface area contributed by atoms with Crippen molar-refractivity contribution in [3.05, 3.63) is 0 Å². The Hall–Kier alpha value is 0.320. The molecule has 26 heavy (non-hydrogen) atoms. The van der Waals surface area contributed by atoms with E-state index in [0.717, 1.165) is 0 Å². The van der Waals surface area contributed by atoms with Gasteiger partial charge in [0.25, 0.3) is 0 Å². The van der Waals surface area contributed by atoms with Crippen LogP contribution in [0.15, 0.2) is 0 Å². The second-order valence-electron chi connectivity index (χ2n) is 8.31. The van der Waals surface area contributed by atoms with Crippen molar-refractivity contribution >= 4 is 57.1 Å². The van der Waals surface area contributed by atoms with Crippen LogP contribution in [0.4, 0.5) is 0 Å². The molecule has 0 aromatic heterocycles. The van der Waals surface area contributed by atoms with Gasteiger partial charge in [0.15, 0.2) is 0 Å². The molecule has 6 aliphatic carbocycles. The van der Waals surface area contributed by atoms with E-state index in [9.17, 15) is 19.8 Å². The number of hydrogen-bond donors (Lipinski definition) is 2. The Kier molecular flexibility index (Phi) is 3.86. The zero-order valence-electron chi connectivity index (χ0n) is 14.5. The van der Waals surface area contributed by atoms with E-state index >= 15 is 0 Å². The number of hydrogen-bond acceptors (Lipinski definition) is 6. The number of esters is 2. The van der Waals surface area contributed by atoms with Crippen LogP contribution in [0.2, 0.25) is 0 Å². The summed E-state index contributed by atoms with van der Waals surface area (Å²) in [4.78, 5) is 26.9. The number of ether oxygens (including phenoxy) is 2. The van der Waals surface area contributed by atoms with E-state index in [2.05, 4.69) is 45.2 Å². The number of halogens is 2. The molecule has 6 aliphatic rings. The first-order valence-electron chi connectivity index (χ1n) is 9.33. The maximum Gasteiger partial charge on any atom is 0.313 e. The van der Waals surface area contributed by atoms with Crippen molar-refractivity contribution < 1.29 is 29.3 Å². The molecule has 0 unspecified atom stereocenters. The van der Waals surface area contributed by atoms with Crippen LogP contribution < -0.4 is 0 Å². The van der Waals surface area contributed by atoms with Gasteiger partial charge in [0.1, 0.15) is 0 Å². The van der Waals surface area contributed by atoms with Crippen molar-refractivity contribution in [1.29, 1.82) is 0 Å². The first-order valence-corrected chi connectivity index (χ1v) is 11.8. The van der Waals surface area contributed by atoms with E-state index in [1.807, 2.05) is 0 Å². The van der Waals surface area contributed by atoms with E-state index < -0.39 is 23.0 Å². The van der Waals surface area contributed by atoms with E-state index in [1.165, 1.54) is 0 Å². The topological polar surface area (TPSA) is 93.1 Å². The lowest BCUT2D eigenvalue weighted by Crippen LogP contribution is -2.68. The summed E-state index contributed by atoms with van der Waals surface area (Å²) in [7, 11) is 0. The molecule has 0 radical (unpaired) electrons. The van der Waals surface area contributed by atoms with Gasteiger partial charge in [0.05, 0.1) is 36.3 Å². The van der Waals surface area contributed by atoms with Gasteiger partial charge >= 0.3 is 11.9 Å². The summed E-state index contributed by atoms with van der Waals surface area (Å²) in [5.41, 5.74) is -2.10. The van der Waals surface area contributed by atoms with Crippen LogP contribution in [-0.4, -0.2) is 55.4 Å². The van der Waals surface area contributed by atoms with Gasteiger partial charge in [0.2, 0.25) is 0 Å². The molecule has 8 bridgehead atoms. The maximum atomic E-state index is 13.4. The SMILES string of the molecule is CCOC(=O)[C@]12[C@@H]3[C@H](I)[C@H](O)[C@@H]4[C@@H]3[C@H]3[C@@H]1[C@@H](O)[C@@H](I)[C@@H]3[C@@]42C(=O)OCC. The third-order valence-corrected chi connectivity index (χ3v) is 11.2. The summed E-state index contributed by atoms with van der Waals surface area (Å²) in [5, 5.41) is 21.9. The number of rotatable bonds is 4. The highest BCUT2D eigenvalue weighted by atomic mass is 127. The fraction of sp³-hybridized carbons (Fsp3) is 0.889. The molecule has 6 rings (SSSR count). The Labute approximate surface area is 179 Å². The molecule has 144 valence electrons. The van der Waals surface area contributed by atoms with Crippen molar-refractivity contribution in [3.8, 4) is 0 Å². The number of carbonyl (C=O) groups is 2. The zero-order chi connectivity index (χ0) is 18.8. The summed E-state index contributed by atoms with van der Waals surface area (Å²) in [6, 6.07) is 0. The van der Waals surface area contributed by atoms with Crippen molar-refractivity contribution in [2.24, 2.45) is 46.3 Å². The molecule has 0 saturated heterocycles. The second-order valence-corrected chi connectivity index (χ2v) is 11.2. The first kappa shape index (κ1) is 18.4. The number of carbonyl (C=O) groups excluding carboxylic acids is 2. The molecule has 2 N–H and O–H groups in total. The van der Waals surface area contributed by atoms with Crippen molar-refractivity contribution in [3.63, 3.8) is 0 Å². The lowest BCUT2D eigenvalue weighted by atomic mass is 9.49. The summed E-state index contributed by atoms with van der Waals surface area (Å²) in [5.74, 6) is -1.35. The minimum Gasteiger partial charge on any atom is -0.466 e. The zero-order valence-corrected chi connectivity index (χ0v) is 18.8. The van der Waals surface area contributed by atoms with Crippen molar-refractivity contribution in [1.82, 2.24) is 0 Å².